The van der Waals surface area contributed by atoms with Crippen LogP contribution >= 0.6 is 23.1 Å². The Morgan fingerprint density at radius 3 is 2.90 bits per heavy atom. The van der Waals surface area contributed by atoms with E-state index in [-0.39, 0.29) is 17.4 Å². The third-order valence-electron chi connectivity index (χ3n) is 2.74. The Balaban J connectivity index is 1.96. The SMILES string of the molecule is CC(C)(C)[C@H](NC(=O)CSc1cn[nH]n1)c1cccs1. The highest BCUT2D eigenvalue weighted by Crippen LogP contribution is 2.35. The molecule has 0 saturated heterocycles. The first-order valence-corrected chi connectivity index (χ1v) is 8.14. The summed E-state index contributed by atoms with van der Waals surface area (Å²) < 4.78 is 0. The first-order chi connectivity index (χ1) is 9.47. The highest BCUT2D eigenvalue weighted by atomic mass is 32.2. The van der Waals surface area contributed by atoms with E-state index in [1.54, 1.807) is 17.5 Å². The van der Waals surface area contributed by atoms with Crippen LogP contribution in [0.25, 0.3) is 0 Å². The van der Waals surface area contributed by atoms with Crippen molar-refractivity contribution in [1.29, 1.82) is 0 Å². The lowest BCUT2D eigenvalue weighted by Crippen LogP contribution is -2.37. The molecule has 2 rings (SSSR count). The predicted octanol–water partition coefficient (Wildman–Crippen LogP) is 2.86. The Kier molecular flexibility index (Phi) is 4.82. The van der Waals surface area contributed by atoms with Gasteiger partial charge < -0.3 is 5.32 Å². The highest BCUT2D eigenvalue weighted by Gasteiger charge is 2.28. The number of rotatable bonds is 5. The fourth-order valence-corrected chi connectivity index (χ4v) is 3.39. The van der Waals surface area contributed by atoms with Crippen LogP contribution < -0.4 is 5.32 Å². The number of aromatic nitrogens is 3. The topological polar surface area (TPSA) is 70.7 Å². The minimum absolute atomic E-state index is 0.00586. The maximum absolute atomic E-state index is 12.1. The van der Waals surface area contributed by atoms with E-state index in [1.165, 1.54) is 16.6 Å². The average Bonchev–Trinajstić information content (AvgIpc) is 3.04. The van der Waals surface area contributed by atoms with Crippen LogP contribution in [-0.4, -0.2) is 27.1 Å². The quantitative estimate of drug-likeness (QED) is 0.833. The zero-order valence-corrected chi connectivity index (χ0v) is 13.3. The van der Waals surface area contributed by atoms with E-state index >= 15 is 0 Å². The zero-order valence-electron chi connectivity index (χ0n) is 11.7. The van der Waals surface area contributed by atoms with Crippen molar-refractivity contribution in [2.24, 2.45) is 5.41 Å². The standard InChI is InChI=1S/C13H18N4OS2/c1-13(2,3)12(9-5-4-6-19-9)15-10(18)8-20-11-7-14-17-16-11/h4-7,12H,8H2,1-3H3,(H,15,18)(H,14,16,17)/t12-/m1/s1. The maximum atomic E-state index is 12.1. The smallest absolute Gasteiger partial charge is 0.230 e. The van der Waals surface area contributed by atoms with E-state index < -0.39 is 0 Å². The van der Waals surface area contributed by atoms with Crippen LogP contribution in [0.15, 0.2) is 28.7 Å². The van der Waals surface area contributed by atoms with Crippen LogP contribution in [0, 0.1) is 5.41 Å². The lowest BCUT2D eigenvalue weighted by Gasteiger charge is -2.30. The summed E-state index contributed by atoms with van der Waals surface area (Å²) in [5.41, 5.74) is -0.0287. The molecule has 0 aliphatic rings. The molecule has 0 radical (unpaired) electrons. The molecule has 0 aromatic carbocycles. The number of thioether (sulfide) groups is 1. The number of nitrogens with one attached hydrogen (secondary N) is 2. The molecule has 0 aliphatic carbocycles. The van der Waals surface area contributed by atoms with Crippen LogP contribution in [-0.2, 0) is 4.79 Å². The van der Waals surface area contributed by atoms with Crippen LogP contribution in [0.5, 0.6) is 0 Å². The lowest BCUT2D eigenvalue weighted by atomic mass is 9.86. The summed E-state index contributed by atoms with van der Waals surface area (Å²) in [6.07, 6.45) is 1.61. The van der Waals surface area contributed by atoms with Gasteiger partial charge in [0.25, 0.3) is 0 Å². The molecule has 2 aromatic heterocycles. The maximum Gasteiger partial charge on any atom is 0.230 e. The number of hydrogen-bond donors (Lipinski definition) is 2. The minimum atomic E-state index is -0.0287. The summed E-state index contributed by atoms with van der Waals surface area (Å²) in [5, 5.41) is 16.0. The normalized spacial score (nSPS) is 13.2. The lowest BCUT2D eigenvalue weighted by molar-refractivity contribution is -0.120. The van der Waals surface area contributed by atoms with Gasteiger partial charge in [-0.2, -0.15) is 10.3 Å². The van der Waals surface area contributed by atoms with Crippen molar-refractivity contribution < 1.29 is 4.79 Å². The van der Waals surface area contributed by atoms with Gasteiger partial charge in [0, 0.05) is 4.88 Å². The molecule has 108 valence electrons. The van der Waals surface area contributed by atoms with Gasteiger partial charge in [0.1, 0.15) is 5.03 Å². The van der Waals surface area contributed by atoms with Crippen molar-refractivity contribution in [2.75, 3.05) is 5.75 Å². The Hall–Kier alpha value is -1.34. The molecule has 0 spiro atoms. The predicted molar refractivity (Wildman–Crippen MR) is 81.8 cm³/mol. The number of hydrogen-bond acceptors (Lipinski definition) is 5. The van der Waals surface area contributed by atoms with E-state index in [9.17, 15) is 4.79 Å². The van der Waals surface area contributed by atoms with Crippen molar-refractivity contribution in [3.63, 3.8) is 0 Å². The second kappa shape index (κ2) is 6.41. The second-order valence-electron chi connectivity index (χ2n) is 5.48. The van der Waals surface area contributed by atoms with Crippen LogP contribution in [0.1, 0.15) is 31.7 Å². The van der Waals surface area contributed by atoms with E-state index in [4.69, 9.17) is 0 Å². The summed E-state index contributed by atoms with van der Waals surface area (Å²) >= 11 is 3.04. The molecule has 1 atom stereocenters. The van der Waals surface area contributed by atoms with E-state index in [1.807, 2.05) is 11.4 Å². The minimum Gasteiger partial charge on any atom is -0.347 e. The average molecular weight is 310 g/mol. The Bertz CT molecular complexity index is 531. The molecule has 0 saturated carbocycles. The summed E-state index contributed by atoms with van der Waals surface area (Å²) in [6.45, 7) is 6.38. The molecule has 2 heterocycles. The number of H-pyrrole nitrogens is 1. The fourth-order valence-electron chi connectivity index (χ4n) is 1.77. The second-order valence-corrected chi connectivity index (χ2v) is 7.45. The van der Waals surface area contributed by atoms with Crippen LogP contribution in [0.2, 0.25) is 0 Å². The molecule has 7 heteroatoms. The van der Waals surface area contributed by atoms with Gasteiger partial charge in [-0.3, -0.25) is 4.79 Å². The molecular formula is C13H18N4OS2. The Labute approximate surface area is 126 Å². The summed E-state index contributed by atoms with van der Waals surface area (Å²) in [6, 6.07) is 4.09. The first kappa shape index (κ1) is 15.1. The number of carbonyl (C=O) groups is 1. The Morgan fingerprint density at radius 1 is 1.55 bits per heavy atom. The van der Waals surface area contributed by atoms with Gasteiger partial charge >= 0.3 is 0 Å². The van der Waals surface area contributed by atoms with Crippen LogP contribution in [0.4, 0.5) is 0 Å². The molecule has 0 unspecified atom stereocenters. The molecule has 0 bridgehead atoms. The van der Waals surface area contributed by atoms with Crippen molar-refractivity contribution in [3.05, 3.63) is 28.6 Å². The monoisotopic (exact) mass is 310 g/mol. The van der Waals surface area contributed by atoms with Gasteiger partial charge in [-0.05, 0) is 16.9 Å². The molecule has 2 N–H and O–H groups in total. The number of thiophene rings is 1. The van der Waals surface area contributed by atoms with Gasteiger partial charge in [-0.25, -0.2) is 0 Å². The fraction of sp³-hybridized carbons (Fsp3) is 0.462. The highest BCUT2D eigenvalue weighted by molar-refractivity contribution is 7.99. The molecule has 2 aromatic rings. The molecular weight excluding hydrogens is 292 g/mol. The van der Waals surface area contributed by atoms with Gasteiger partial charge in [0.2, 0.25) is 5.91 Å². The zero-order chi connectivity index (χ0) is 14.6. The molecule has 0 aliphatic heterocycles. The van der Waals surface area contributed by atoms with E-state index in [2.05, 4.69) is 47.6 Å². The first-order valence-electron chi connectivity index (χ1n) is 6.28. The van der Waals surface area contributed by atoms with Gasteiger partial charge in [-0.15, -0.1) is 16.4 Å². The molecule has 1 amide bonds. The third kappa shape index (κ3) is 4.08. The number of aromatic amines is 1. The largest absolute Gasteiger partial charge is 0.347 e. The third-order valence-corrected chi connectivity index (χ3v) is 4.58. The van der Waals surface area contributed by atoms with Crippen molar-refractivity contribution >= 4 is 29.0 Å². The summed E-state index contributed by atoms with van der Waals surface area (Å²) in [7, 11) is 0. The molecule has 20 heavy (non-hydrogen) atoms. The van der Waals surface area contributed by atoms with E-state index in [0.29, 0.717) is 5.75 Å². The van der Waals surface area contributed by atoms with Gasteiger partial charge in [0.15, 0.2) is 0 Å². The van der Waals surface area contributed by atoms with Gasteiger partial charge in [0.05, 0.1) is 18.0 Å². The molecule has 5 nitrogen and oxygen atoms in total. The number of nitrogens with zero attached hydrogens (tertiary/aromatic N) is 2. The van der Waals surface area contributed by atoms with Crippen molar-refractivity contribution in [1.82, 2.24) is 20.7 Å². The van der Waals surface area contributed by atoms with Crippen molar-refractivity contribution in [2.45, 2.75) is 31.8 Å². The Morgan fingerprint density at radius 2 is 2.35 bits per heavy atom. The van der Waals surface area contributed by atoms with Crippen LogP contribution in [0.3, 0.4) is 0 Å². The number of amides is 1. The summed E-state index contributed by atoms with van der Waals surface area (Å²) in [4.78, 5) is 13.3. The van der Waals surface area contributed by atoms with E-state index in [0.717, 1.165) is 5.03 Å². The number of carbonyl (C=O) groups excluding carboxylic acids is 1. The van der Waals surface area contributed by atoms with Crippen molar-refractivity contribution in [3.8, 4) is 0 Å². The molecule has 0 fully saturated rings. The van der Waals surface area contributed by atoms with Gasteiger partial charge in [-0.1, -0.05) is 38.6 Å². The summed E-state index contributed by atoms with van der Waals surface area (Å²) in [5.74, 6) is 0.344.